The molecule has 0 amide bonds. The summed E-state index contributed by atoms with van der Waals surface area (Å²) in [5.41, 5.74) is -0.0891. The second kappa shape index (κ2) is 8.86. The SMILES string of the molecule is N#Cc1cccc(COC(=O)CCNS(=O)(=O)c2cccc(C(F)(F)F)c2)c1. The van der Waals surface area contributed by atoms with Gasteiger partial charge in [0, 0.05) is 6.54 Å². The first kappa shape index (κ1) is 21.4. The Morgan fingerprint density at radius 1 is 1.14 bits per heavy atom. The summed E-state index contributed by atoms with van der Waals surface area (Å²) >= 11 is 0. The van der Waals surface area contributed by atoms with Crippen LogP contribution in [-0.4, -0.2) is 20.9 Å². The van der Waals surface area contributed by atoms with Crippen LogP contribution in [0.15, 0.2) is 53.4 Å². The highest BCUT2D eigenvalue weighted by Crippen LogP contribution is 2.30. The molecule has 2 rings (SSSR count). The first-order valence-electron chi connectivity index (χ1n) is 7.93. The summed E-state index contributed by atoms with van der Waals surface area (Å²) in [7, 11) is -4.21. The fraction of sp³-hybridized carbons (Fsp3) is 0.222. The summed E-state index contributed by atoms with van der Waals surface area (Å²) in [6.45, 7) is -0.426. The lowest BCUT2D eigenvalue weighted by atomic mass is 10.1. The Kier molecular flexibility index (Phi) is 6.77. The second-order valence-corrected chi connectivity index (χ2v) is 7.41. The maximum absolute atomic E-state index is 12.7. The number of rotatable bonds is 7. The van der Waals surface area contributed by atoms with E-state index in [4.69, 9.17) is 10.00 Å². The van der Waals surface area contributed by atoms with Crippen molar-refractivity contribution in [3.63, 3.8) is 0 Å². The quantitative estimate of drug-likeness (QED) is 0.706. The second-order valence-electron chi connectivity index (χ2n) is 5.65. The number of ether oxygens (including phenoxy) is 1. The zero-order chi connectivity index (χ0) is 20.8. The third kappa shape index (κ3) is 6.07. The van der Waals surface area contributed by atoms with Crippen LogP contribution in [0.4, 0.5) is 13.2 Å². The Bertz CT molecular complexity index is 998. The largest absolute Gasteiger partial charge is 0.461 e. The van der Waals surface area contributed by atoms with Gasteiger partial charge >= 0.3 is 12.1 Å². The van der Waals surface area contributed by atoms with Crippen molar-refractivity contribution < 1.29 is 31.1 Å². The third-order valence-corrected chi connectivity index (χ3v) is 5.01. The van der Waals surface area contributed by atoms with Crippen molar-refractivity contribution >= 4 is 16.0 Å². The van der Waals surface area contributed by atoms with Crippen LogP contribution in [0, 0.1) is 11.3 Å². The van der Waals surface area contributed by atoms with Crippen LogP contribution in [0.25, 0.3) is 0 Å². The van der Waals surface area contributed by atoms with Crippen LogP contribution < -0.4 is 4.72 Å². The molecule has 2 aromatic carbocycles. The number of alkyl halides is 3. The Balaban J connectivity index is 1.88. The fourth-order valence-corrected chi connectivity index (χ4v) is 3.25. The molecule has 0 aliphatic carbocycles. The summed E-state index contributed by atoms with van der Waals surface area (Å²) in [6.07, 6.45) is -4.98. The number of esters is 1. The van der Waals surface area contributed by atoms with Crippen LogP contribution in [0.5, 0.6) is 0 Å². The van der Waals surface area contributed by atoms with Gasteiger partial charge in [0.05, 0.1) is 28.5 Å². The van der Waals surface area contributed by atoms with Crippen molar-refractivity contribution in [3.05, 3.63) is 65.2 Å². The van der Waals surface area contributed by atoms with Gasteiger partial charge in [-0.2, -0.15) is 18.4 Å². The van der Waals surface area contributed by atoms with Gasteiger partial charge in [-0.25, -0.2) is 13.1 Å². The zero-order valence-corrected chi connectivity index (χ0v) is 15.2. The van der Waals surface area contributed by atoms with Gasteiger partial charge in [0.2, 0.25) is 10.0 Å². The molecule has 10 heteroatoms. The van der Waals surface area contributed by atoms with E-state index >= 15 is 0 Å². The van der Waals surface area contributed by atoms with Crippen molar-refractivity contribution in [2.45, 2.75) is 24.1 Å². The van der Waals surface area contributed by atoms with Gasteiger partial charge in [0.15, 0.2) is 0 Å². The fourth-order valence-electron chi connectivity index (χ4n) is 2.18. The minimum absolute atomic E-state index is 0.0886. The van der Waals surface area contributed by atoms with Gasteiger partial charge in [-0.3, -0.25) is 4.79 Å². The van der Waals surface area contributed by atoms with Crippen molar-refractivity contribution in [3.8, 4) is 6.07 Å². The summed E-state index contributed by atoms with van der Waals surface area (Å²) in [6, 6.07) is 11.7. The van der Waals surface area contributed by atoms with Crippen molar-refractivity contribution in [1.29, 1.82) is 5.26 Å². The van der Waals surface area contributed by atoms with Gasteiger partial charge in [-0.15, -0.1) is 0 Å². The molecule has 0 bridgehead atoms. The minimum atomic E-state index is -4.67. The number of nitriles is 1. The van der Waals surface area contributed by atoms with Crippen LogP contribution in [0.1, 0.15) is 23.1 Å². The Morgan fingerprint density at radius 3 is 2.54 bits per heavy atom. The molecule has 0 atom stereocenters. The molecule has 0 aromatic heterocycles. The Labute approximate surface area is 159 Å². The Morgan fingerprint density at radius 2 is 1.86 bits per heavy atom. The summed E-state index contributed by atoms with van der Waals surface area (Å²) in [4.78, 5) is 11.2. The molecule has 0 aliphatic heterocycles. The number of sulfonamides is 1. The molecule has 0 saturated heterocycles. The van der Waals surface area contributed by atoms with E-state index in [2.05, 4.69) is 4.72 Å². The molecular formula is C18H15F3N2O4S. The molecule has 6 nitrogen and oxygen atoms in total. The molecule has 148 valence electrons. The number of benzene rings is 2. The number of nitrogens with one attached hydrogen (secondary N) is 1. The van der Waals surface area contributed by atoms with E-state index in [0.717, 1.165) is 18.2 Å². The lowest BCUT2D eigenvalue weighted by Crippen LogP contribution is -2.27. The predicted molar refractivity (Wildman–Crippen MR) is 92.2 cm³/mol. The van der Waals surface area contributed by atoms with Crippen LogP contribution in [-0.2, 0) is 32.3 Å². The van der Waals surface area contributed by atoms with E-state index in [1.165, 1.54) is 0 Å². The van der Waals surface area contributed by atoms with Crippen LogP contribution in [0.2, 0.25) is 0 Å². The maximum atomic E-state index is 12.7. The van der Waals surface area contributed by atoms with E-state index in [9.17, 15) is 26.4 Å². The number of halogens is 3. The normalized spacial score (nSPS) is 11.6. The number of carbonyl (C=O) groups is 1. The molecule has 0 unspecified atom stereocenters. The summed E-state index contributed by atoms with van der Waals surface area (Å²) in [5, 5.41) is 8.80. The Hall–Kier alpha value is -2.90. The molecule has 0 radical (unpaired) electrons. The molecule has 0 heterocycles. The van der Waals surface area contributed by atoms with Crippen LogP contribution in [0.3, 0.4) is 0 Å². The predicted octanol–water partition coefficient (Wildman–Crippen LogP) is 2.99. The molecule has 2 aromatic rings. The van der Waals surface area contributed by atoms with Crippen LogP contribution >= 0.6 is 0 Å². The smallest absolute Gasteiger partial charge is 0.416 e. The molecule has 0 saturated carbocycles. The highest BCUT2D eigenvalue weighted by molar-refractivity contribution is 7.89. The lowest BCUT2D eigenvalue weighted by Gasteiger charge is -2.10. The number of hydrogen-bond donors (Lipinski definition) is 1. The highest BCUT2D eigenvalue weighted by Gasteiger charge is 2.31. The molecular weight excluding hydrogens is 397 g/mol. The van der Waals surface area contributed by atoms with E-state index in [-0.39, 0.29) is 19.6 Å². The van der Waals surface area contributed by atoms with Gasteiger partial charge < -0.3 is 4.74 Å². The van der Waals surface area contributed by atoms with Gasteiger partial charge in [0.1, 0.15) is 6.61 Å². The van der Waals surface area contributed by atoms with Crippen molar-refractivity contribution in [1.82, 2.24) is 4.72 Å². The van der Waals surface area contributed by atoms with E-state index in [1.54, 1.807) is 24.3 Å². The van der Waals surface area contributed by atoms with Crippen molar-refractivity contribution in [2.24, 2.45) is 0 Å². The topological polar surface area (TPSA) is 96.3 Å². The highest BCUT2D eigenvalue weighted by atomic mass is 32.2. The lowest BCUT2D eigenvalue weighted by molar-refractivity contribution is -0.144. The van der Waals surface area contributed by atoms with Crippen molar-refractivity contribution in [2.75, 3.05) is 6.54 Å². The number of carbonyl (C=O) groups excluding carboxylic acids is 1. The molecule has 0 fully saturated rings. The third-order valence-electron chi connectivity index (χ3n) is 3.55. The average Bonchev–Trinajstić information content (AvgIpc) is 2.66. The van der Waals surface area contributed by atoms with Gasteiger partial charge in [0.25, 0.3) is 0 Å². The monoisotopic (exact) mass is 412 g/mol. The first-order valence-corrected chi connectivity index (χ1v) is 9.42. The van der Waals surface area contributed by atoms with Gasteiger partial charge in [-0.1, -0.05) is 18.2 Å². The molecule has 28 heavy (non-hydrogen) atoms. The zero-order valence-electron chi connectivity index (χ0n) is 14.4. The number of nitrogens with zero attached hydrogens (tertiary/aromatic N) is 1. The molecule has 0 spiro atoms. The van der Waals surface area contributed by atoms with Gasteiger partial charge in [-0.05, 0) is 35.9 Å². The van der Waals surface area contributed by atoms with E-state index in [1.807, 2.05) is 6.07 Å². The minimum Gasteiger partial charge on any atom is -0.461 e. The van der Waals surface area contributed by atoms with E-state index in [0.29, 0.717) is 17.2 Å². The summed E-state index contributed by atoms with van der Waals surface area (Å²) in [5.74, 6) is -0.700. The molecule has 1 N–H and O–H groups in total. The number of hydrogen-bond acceptors (Lipinski definition) is 5. The average molecular weight is 412 g/mol. The first-order chi connectivity index (χ1) is 13.1. The maximum Gasteiger partial charge on any atom is 0.416 e. The molecule has 0 aliphatic rings. The summed E-state index contributed by atoms with van der Waals surface area (Å²) < 4.78 is 69.3. The standard InChI is InChI=1S/C18H15F3N2O4S/c19-18(20,21)15-5-2-6-16(10-15)28(25,26)23-8-7-17(24)27-12-14-4-1-3-13(9-14)11-22/h1-6,9-10,23H,7-8,12H2. The van der Waals surface area contributed by atoms with E-state index < -0.39 is 32.6 Å².